The van der Waals surface area contributed by atoms with Gasteiger partial charge in [-0.15, -0.1) is 0 Å². The molecule has 1 aliphatic heterocycles. The first-order valence-electron chi connectivity index (χ1n) is 11.5. The third-order valence-electron chi connectivity index (χ3n) is 6.52. The summed E-state index contributed by atoms with van der Waals surface area (Å²) < 4.78 is 50.2. The van der Waals surface area contributed by atoms with Gasteiger partial charge in [-0.3, -0.25) is 9.78 Å². The molecule has 0 bridgehead atoms. The van der Waals surface area contributed by atoms with Crippen LogP contribution in [0.4, 0.5) is 19.0 Å². The molecule has 3 unspecified atom stereocenters. The summed E-state index contributed by atoms with van der Waals surface area (Å²) in [5.74, 6) is 0.169. The van der Waals surface area contributed by atoms with Crippen LogP contribution in [0.15, 0.2) is 36.5 Å². The van der Waals surface area contributed by atoms with Crippen LogP contribution in [0.1, 0.15) is 59.1 Å². The van der Waals surface area contributed by atoms with E-state index in [0.717, 1.165) is 28.8 Å². The molecule has 0 radical (unpaired) electrons. The number of hydrogen-bond acceptors (Lipinski definition) is 6. The van der Waals surface area contributed by atoms with Crippen LogP contribution in [0.5, 0.6) is 0 Å². The van der Waals surface area contributed by atoms with Crippen molar-refractivity contribution >= 4 is 22.6 Å². The van der Waals surface area contributed by atoms with Gasteiger partial charge in [-0.2, -0.15) is 13.2 Å². The number of benzene rings is 1. The first-order valence-corrected chi connectivity index (χ1v) is 11.5. The first kappa shape index (κ1) is 23.5. The smallest absolute Gasteiger partial charge is 0.383 e. The van der Waals surface area contributed by atoms with Crippen molar-refractivity contribution in [3.63, 3.8) is 0 Å². The molecule has 1 saturated carbocycles. The maximum absolute atomic E-state index is 13.7. The molecule has 2 aromatic heterocycles. The largest absolute Gasteiger partial charge is 0.417 e. The second-order valence-corrected chi connectivity index (χ2v) is 8.84. The van der Waals surface area contributed by atoms with Crippen LogP contribution in [-0.2, 0) is 28.8 Å². The third kappa shape index (κ3) is 4.43. The number of pyridine rings is 2. The minimum absolute atomic E-state index is 0.0709. The first-order chi connectivity index (χ1) is 16.7. The van der Waals surface area contributed by atoms with E-state index >= 15 is 0 Å². The molecule has 2 aliphatic rings. The number of nitrogen functional groups attached to an aromatic ring is 1. The number of carbonyl (C=O) groups excluding carboxylic acids is 1. The zero-order chi connectivity index (χ0) is 24.9. The molecule has 0 spiro atoms. The highest BCUT2D eigenvalue weighted by atomic mass is 19.4. The fourth-order valence-electron chi connectivity index (χ4n) is 4.65. The van der Waals surface area contributed by atoms with Crippen LogP contribution < -0.4 is 5.73 Å². The van der Waals surface area contributed by atoms with Crippen molar-refractivity contribution in [2.75, 3.05) is 12.3 Å². The summed E-state index contributed by atoms with van der Waals surface area (Å²) in [5, 5.41) is 0.800. The van der Waals surface area contributed by atoms with Gasteiger partial charge in [0.25, 0.3) is 5.91 Å². The molecule has 35 heavy (non-hydrogen) atoms. The van der Waals surface area contributed by atoms with Crippen LogP contribution in [0.2, 0.25) is 0 Å². The van der Waals surface area contributed by atoms with Gasteiger partial charge in [0, 0.05) is 29.3 Å². The lowest BCUT2D eigenvalue weighted by molar-refractivity contribution is -0.137. The molecular weight excluding hydrogens is 461 g/mol. The van der Waals surface area contributed by atoms with Gasteiger partial charge in [0.1, 0.15) is 5.82 Å². The number of nitrogens with two attached hydrogens (primary N) is 1. The van der Waals surface area contributed by atoms with Crippen molar-refractivity contribution in [1.29, 1.82) is 0 Å². The standard InChI is InChI=1S/C25H25F3N4O3/c1-3-34-21-9-20(21)32(11-16-6-5-15(10-30-16)25(26,27)28)24(33)14-4-7-19-17(8-14)18-12-35-13(2)22(18)23(29)31-19/h4-8,10,13,20-21H,3,9,11-12H2,1-2H3,(H2,29,31). The Hall–Kier alpha value is -3.24. The van der Waals surface area contributed by atoms with Crippen molar-refractivity contribution in [2.45, 2.75) is 57.8 Å². The van der Waals surface area contributed by atoms with E-state index in [0.29, 0.717) is 42.2 Å². The quantitative estimate of drug-likeness (QED) is 0.546. The Labute approximate surface area is 200 Å². The number of rotatable bonds is 6. The van der Waals surface area contributed by atoms with Gasteiger partial charge in [-0.1, -0.05) is 0 Å². The maximum Gasteiger partial charge on any atom is 0.417 e. The minimum atomic E-state index is -4.47. The molecule has 1 amide bonds. The molecule has 10 heteroatoms. The van der Waals surface area contributed by atoms with Crippen molar-refractivity contribution in [3.05, 3.63) is 64.5 Å². The maximum atomic E-state index is 13.7. The zero-order valence-corrected chi connectivity index (χ0v) is 19.3. The number of ether oxygens (including phenoxy) is 2. The molecule has 3 aromatic rings. The second-order valence-electron chi connectivity index (χ2n) is 8.84. The van der Waals surface area contributed by atoms with E-state index < -0.39 is 11.7 Å². The number of aromatic nitrogens is 2. The number of alkyl halides is 3. The zero-order valence-electron chi connectivity index (χ0n) is 19.3. The molecule has 1 aromatic carbocycles. The van der Waals surface area contributed by atoms with Crippen LogP contribution in [0, 0.1) is 0 Å². The Morgan fingerprint density at radius 3 is 2.77 bits per heavy atom. The molecule has 2 N–H and O–H groups in total. The van der Waals surface area contributed by atoms with Gasteiger partial charge in [0.05, 0.1) is 48.2 Å². The number of anilines is 1. The second kappa shape index (κ2) is 8.76. The van der Waals surface area contributed by atoms with E-state index in [1.54, 1.807) is 23.1 Å². The molecule has 1 fully saturated rings. The lowest BCUT2D eigenvalue weighted by atomic mass is 10.00. The fourth-order valence-corrected chi connectivity index (χ4v) is 4.65. The SMILES string of the molecule is CCOC1CC1N(Cc1ccc(C(F)(F)F)cn1)C(=O)c1ccc2nc(N)c3c(c2c1)COC3C. The number of carbonyl (C=O) groups is 1. The Morgan fingerprint density at radius 2 is 2.09 bits per heavy atom. The Morgan fingerprint density at radius 1 is 1.29 bits per heavy atom. The van der Waals surface area contributed by atoms with Gasteiger partial charge in [0.15, 0.2) is 0 Å². The van der Waals surface area contributed by atoms with Gasteiger partial charge in [-0.05, 0) is 56.2 Å². The summed E-state index contributed by atoms with van der Waals surface area (Å²) in [4.78, 5) is 23.7. The van der Waals surface area contributed by atoms with E-state index in [9.17, 15) is 18.0 Å². The van der Waals surface area contributed by atoms with Gasteiger partial charge in [0.2, 0.25) is 0 Å². The summed E-state index contributed by atoms with van der Waals surface area (Å²) in [6.45, 7) is 4.75. The van der Waals surface area contributed by atoms with Crippen molar-refractivity contribution in [3.8, 4) is 0 Å². The number of amides is 1. The van der Waals surface area contributed by atoms with E-state index in [4.69, 9.17) is 15.2 Å². The van der Waals surface area contributed by atoms with Crippen molar-refractivity contribution in [1.82, 2.24) is 14.9 Å². The summed E-state index contributed by atoms with van der Waals surface area (Å²) in [6, 6.07) is 7.34. The average Bonchev–Trinajstić information content (AvgIpc) is 3.47. The van der Waals surface area contributed by atoms with E-state index in [2.05, 4.69) is 9.97 Å². The lowest BCUT2D eigenvalue weighted by Gasteiger charge is -2.23. The van der Waals surface area contributed by atoms with E-state index in [-0.39, 0.29) is 30.7 Å². The van der Waals surface area contributed by atoms with Crippen LogP contribution in [0.25, 0.3) is 10.9 Å². The van der Waals surface area contributed by atoms with Gasteiger partial charge >= 0.3 is 6.18 Å². The summed E-state index contributed by atoms with van der Waals surface area (Å²) in [5.41, 5.74) is 8.55. The molecule has 3 atom stereocenters. The molecular formula is C25H25F3N4O3. The predicted molar refractivity (Wildman–Crippen MR) is 122 cm³/mol. The van der Waals surface area contributed by atoms with E-state index in [1.165, 1.54) is 6.07 Å². The molecule has 0 saturated heterocycles. The van der Waals surface area contributed by atoms with Crippen LogP contribution >= 0.6 is 0 Å². The monoisotopic (exact) mass is 486 g/mol. The topological polar surface area (TPSA) is 90.6 Å². The summed E-state index contributed by atoms with van der Waals surface area (Å²) >= 11 is 0. The predicted octanol–water partition coefficient (Wildman–Crippen LogP) is 4.64. The molecule has 3 heterocycles. The number of hydrogen-bond donors (Lipinski definition) is 1. The number of halogens is 3. The van der Waals surface area contributed by atoms with Crippen molar-refractivity contribution in [2.24, 2.45) is 0 Å². The Kier molecular flexibility index (Phi) is 5.88. The summed E-state index contributed by atoms with van der Waals surface area (Å²) in [7, 11) is 0. The molecule has 5 rings (SSSR count). The molecule has 7 nitrogen and oxygen atoms in total. The van der Waals surface area contributed by atoms with E-state index in [1.807, 2.05) is 13.8 Å². The molecule has 1 aliphatic carbocycles. The number of fused-ring (bicyclic) bond motifs is 3. The normalized spacial score (nSPS) is 21.2. The highest BCUT2D eigenvalue weighted by molar-refractivity contribution is 5.99. The minimum Gasteiger partial charge on any atom is -0.383 e. The van der Waals surface area contributed by atoms with Gasteiger partial charge < -0.3 is 20.1 Å². The van der Waals surface area contributed by atoms with Crippen molar-refractivity contribution < 1.29 is 27.4 Å². The van der Waals surface area contributed by atoms with Crippen LogP contribution in [-0.4, -0.2) is 39.5 Å². The highest BCUT2D eigenvalue weighted by Gasteiger charge is 2.45. The number of nitrogens with zero attached hydrogens (tertiary/aromatic N) is 3. The Bertz CT molecular complexity index is 1280. The van der Waals surface area contributed by atoms with Crippen LogP contribution in [0.3, 0.4) is 0 Å². The lowest BCUT2D eigenvalue weighted by Crippen LogP contribution is -2.35. The highest BCUT2D eigenvalue weighted by Crippen LogP contribution is 2.39. The Balaban J connectivity index is 1.47. The van der Waals surface area contributed by atoms with Gasteiger partial charge in [-0.25, -0.2) is 4.98 Å². The average molecular weight is 486 g/mol. The third-order valence-corrected chi connectivity index (χ3v) is 6.52. The summed E-state index contributed by atoms with van der Waals surface area (Å²) in [6.07, 6.45) is -3.31. The molecule has 184 valence electrons. The fraction of sp³-hybridized carbons (Fsp3) is 0.400.